The molecule has 14 heavy (non-hydrogen) atoms. The molecule has 0 aliphatic heterocycles. The van der Waals surface area contributed by atoms with Crippen LogP contribution in [0.5, 0.6) is 0 Å². The van der Waals surface area contributed by atoms with Gasteiger partial charge in [0.15, 0.2) is 0 Å². The zero-order chi connectivity index (χ0) is 10.9. The van der Waals surface area contributed by atoms with Crippen LogP contribution >= 0.6 is 7.14 Å². The molecule has 2 heteroatoms. The average molecular weight is 204 g/mol. The van der Waals surface area contributed by atoms with E-state index in [1.807, 2.05) is 0 Å². The van der Waals surface area contributed by atoms with Gasteiger partial charge in [-0.2, -0.15) is 7.14 Å². The van der Waals surface area contributed by atoms with Crippen molar-refractivity contribution in [3.63, 3.8) is 0 Å². The van der Waals surface area contributed by atoms with E-state index in [0.717, 1.165) is 19.3 Å². The third kappa shape index (κ3) is 5.76. The van der Waals surface area contributed by atoms with E-state index in [0.29, 0.717) is 7.57 Å². The molecule has 0 aromatic rings. The van der Waals surface area contributed by atoms with Crippen molar-refractivity contribution in [2.75, 3.05) is 18.5 Å². The first-order valence-corrected chi connectivity index (χ1v) is 6.27. The summed E-state index contributed by atoms with van der Waals surface area (Å²) in [4.78, 5) is 0. The van der Waals surface area contributed by atoms with Crippen LogP contribution in [0.4, 0.5) is 0 Å². The van der Waals surface area contributed by atoms with Crippen LogP contribution in [-0.2, 0) is 0 Å². The lowest BCUT2D eigenvalue weighted by molar-refractivity contribution is 1.16. The minimum absolute atomic E-state index is 0.358. The van der Waals surface area contributed by atoms with E-state index in [1.165, 1.54) is 18.5 Å². The maximum Gasteiger partial charge on any atom is 0.127 e. The maximum absolute atomic E-state index is 5.31. The second-order valence-electron chi connectivity index (χ2n) is 2.70. The van der Waals surface area contributed by atoms with E-state index >= 15 is 0 Å². The Bertz CT molecular complexity index is 229. The number of hydrogen-bond acceptors (Lipinski definition) is 0. The molecule has 74 valence electrons. The summed E-state index contributed by atoms with van der Waals surface area (Å²) < 4.78 is 0. The van der Waals surface area contributed by atoms with Crippen LogP contribution in [0.25, 0.3) is 0 Å². The van der Waals surface area contributed by atoms with Gasteiger partial charge in [0.05, 0.1) is 0 Å². The predicted molar refractivity (Wildman–Crippen MR) is 71.8 cm³/mol. The van der Waals surface area contributed by atoms with E-state index in [9.17, 15) is 0 Å². The molecule has 0 aromatic heterocycles. The first-order valence-electron chi connectivity index (χ1n) is 4.38. The smallest absolute Gasteiger partial charge is 0.127 e. The third-order valence-corrected chi connectivity index (χ3v) is 4.29. The Labute approximate surface area is 89.9 Å². The summed E-state index contributed by atoms with van der Waals surface area (Å²) in [6.07, 6.45) is 22.4. The van der Waals surface area contributed by atoms with Crippen molar-refractivity contribution in [2.45, 2.75) is 19.3 Å². The number of hydrogen-bond donors (Lipinski definition) is 0. The Kier molecular flexibility index (Phi) is 7.12. The number of rotatable bonds is 6. The summed E-state index contributed by atoms with van der Waals surface area (Å²) >= 11 is 0. The van der Waals surface area contributed by atoms with Gasteiger partial charge in [-0.05, 0) is 0 Å². The highest BCUT2D eigenvalue weighted by atomic mass is 31.2. The molecule has 0 unspecified atom stereocenters. The first kappa shape index (κ1) is 13.2. The van der Waals surface area contributed by atoms with Crippen LogP contribution in [0, 0.1) is 37.0 Å². The van der Waals surface area contributed by atoms with Crippen LogP contribution < -0.4 is 0 Å². The molecule has 0 saturated carbocycles. The highest BCUT2D eigenvalue weighted by Gasteiger charge is 2.21. The summed E-state index contributed by atoms with van der Waals surface area (Å²) in [6.45, 7) is 0. The molecule has 0 aliphatic rings. The lowest BCUT2D eigenvalue weighted by Gasteiger charge is -2.28. The molecule has 0 atom stereocenters. The third-order valence-electron chi connectivity index (χ3n) is 1.72. The van der Waals surface area contributed by atoms with Crippen molar-refractivity contribution >= 4 is 14.7 Å². The van der Waals surface area contributed by atoms with Gasteiger partial charge in [0, 0.05) is 37.7 Å². The van der Waals surface area contributed by atoms with E-state index in [4.69, 9.17) is 19.3 Å². The first-order chi connectivity index (χ1) is 6.68. The minimum Gasteiger partial charge on any atom is -0.155 e. The summed E-state index contributed by atoms with van der Waals surface area (Å²) in [7, 11) is -0.338. The quantitative estimate of drug-likeness (QED) is 0.348. The SMILES string of the molecule is [BH3-][P+](CCC#C)(CCC#C)CCC#C. The summed E-state index contributed by atoms with van der Waals surface area (Å²) in [5.41, 5.74) is 0. The largest absolute Gasteiger partial charge is 0.155 e. The van der Waals surface area contributed by atoms with Crippen LogP contribution in [0.3, 0.4) is 0 Å². The van der Waals surface area contributed by atoms with Gasteiger partial charge in [0.25, 0.3) is 0 Å². The fourth-order valence-electron chi connectivity index (χ4n) is 1.00. The van der Waals surface area contributed by atoms with Crippen LogP contribution in [0.2, 0.25) is 0 Å². The molecular weight excluding hydrogens is 186 g/mol. The molecule has 0 aromatic carbocycles. The van der Waals surface area contributed by atoms with Crippen LogP contribution in [-0.4, -0.2) is 26.1 Å². The van der Waals surface area contributed by atoms with E-state index < -0.39 is 7.14 Å². The van der Waals surface area contributed by atoms with Gasteiger partial charge < -0.3 is 0 Å². The van der Waals surface area contributed by atoms with Crippen molar-refractivity contribution in [2.24, 2.45) is 0 Å². The normalized spacial score (nSPS) is 9.86. The second kappa shape index (κ2) is 7.57. The highest BCUT2D eigenvalue weighted by Crippen LogP contribution is 2.55. The van der Waals surface area contributed by atoms with Crippen molar-refractivity contribution in [1.82, 2.24) is 0 Å². The van der Waals surface area contributed by atoms with Crippen LogP contribution in [0.1, 0.15) is 19.3 Å². The van der Waals surface area contributed by atoms with Gasteiger partial charge in [-0.3, -0.25) is 0 Å². The molecular formula is C12H18BP. The van der Waals surface area contributed by atoms with Gasteiger partial charge >= 0.3 is 0 Å². The van der Waals surface area contributed by atoms with Gasteiger partial charge in [-0.15, -0.1) is 37.0 Å². The highest BCUT2D eigenvalue weighted by molar-refractivity contribution is 7.97. The summed E-state index contributed by atoms with van der Waals surface area (Å²) in [5, 5.41) is 0. The number of terminal acetylenes is 3. The van der Waals surface area contributed by atoms with Crippen LogP contribution in [0.15, 0.2) is 0 Å². The molecule has 0 rings (SSSR count). The van der Waals surface area contributed by atoms with Crippen molar-refractivity contribution in [1.29, 1.82) is 0 Å². The Hall–Kier alpha value is -0.825. The molecule has 0 spiro atoms. The van der Waals surface area contributed by atoms with Gasteiger partial charge in [0.1, 0.15) is 7.57 Å². The fourth-order valence-corrected chi connectivity index (χ4v) is 3.01. The van der Waals surface area contributed by atoms with E-state index in [2.05, 4.69) is 17.8 Å². The average Bonchev–Trinajstić information content (AvgIpc) is 2.21. The van der Waals surface area contributed by atoms with Crippen molar-refractivity contribution in [3.8, 4) is 37.0 Å². The Morgan fingerprint density at radius 2 is 1.07 bits per heavy atom. The molecule has 0 nitrogen and oxygen atoms in total. The monoisotopic (exact) mass is 204 g/mol. The molecule has 0 aliphatic carbocycles. The van der Waals surface area contributed by atoms with Crippen molar-refractivity contribution in [3.05, 3.63) is 0 Å². The van der Waals surface area contributed by atoms with E-state index in [-0.39, 0.29) is 0 Å². The Balaban J connectivity index is 4.13. The lowest BCUT2D eigenvalue weighted by atomic mass is 10.5. The minimum atomic E-state index is -0.696. The maximum atomic E-state index is 5.31. The van der Waals surface area contributed by atoms with Gasteiger partial charge in [-0.1, -0.05) is 0 Å². The summed E-state index contributed by atoms with van der Waals surface area (Å²) in [6, 6.07) is 0. The molecule has 0 radical (unpaired) electrons. The summed E-state index contributed by atoms with van der Waals surface area (Å²) in [5.74, 6) is 8.22. The fraction of sp³-hybridized carbons (Fsp3) is 0.500. The molecule has 0 fully saturated rings. The Morgan fingerprint density at radius 3 is 1.29 bits per heavy atom. The lowest BCUT2D eigenvalue weighted by Crippen LogP contribution is -2.07. The predicted octanol–water partition coefficient (Wildman–Crippen LogP) is 1.35. The van der Waals surface area contributed by atoms with Gasteiger partial charge in [0.2, 0.25) is 0 Å². The van der Waals surface area contributed by atoms with E-state index in [1.54, 1.807) is 0 Å². The molecule has 0 heterocycles. The molecule has 0 N–H and O–H groups in total. The Morgan fingerprint density at radius 1 is 0.786 bits per heavy atom. The molecule has 0 bridgehead atoms. The zero-order valence-corrected chi connectivity index (χ0v) is 8.82. The topological polar surface area (TPSA) is 0 Å². The zero-order valence-electron chi connectivity index (χ0n) is 7.92. The van der Waals surface area contributed by atoms with Crippen molar-refractivity contribution < 1.29 is 0 Å². The second-order valence-corrected chi connectivity index (χ2v) is 5.39. The molecule has 0 saturated heterocycles. The molecule has 0 amide bonds. The standard InChI is InChI=1S/C12H18BP/c1-4-7-10-14(13,11-8-5-2)12-9-6-3/h1-3H,7-12H2,13H3. The van der Waals surface area contributed by atoms with Gasteiger partial charge in [-0.25, -0.2) is 0 Å².